The van der Waals surface area contributed by atoms with Gasteiger partial charge in [-0.25, -0.2) is 0 Å². The Morgan fingerprint density at radius 1 is 1.00 bits per heavy atom. The van der Waals surface area contributed by atoms with Crippen LogP contribution in [0.2, 0.25) is 0 Å². The molecule has 0 heterocycles. The molecule has 0 unspecified atom stereocenters. The monoisotopic (exact) mass is 292 g/mol. The zero-order chi connectivity index (χ0) is 13.8. The molecule has 0 bridgehead atoms. The van der Waals surface area contributed by atoms with Gasteiger partial charge in [-0.15, -0.1) is 0 Å². The van der Waals surface area contributed by atoms with Crippen molar-refractivity contribution < 1.29 is 9.05 Å². The average molecular weight is 292 g/mol. The molecule has 20 heavy (non-hydrogen) atoms. The van der Waals surface area contributed by atoms with E-state index in [1.54, 1.807) is 0 Å². The summed E-state index contributed by atoms with van der Waals surface area (Å²) in [4.78, 5) is 0. The maximum Gasteiger partial charge on any atom is 0.205 e. The zero-order valence-electron chi connectivity index (χ0n) is 12.4. The van der Waals surface area contributed by atoms with E-state index in [1.807, 2.05) is 0 Å². The third kappa shape index (κ3) is 3.42. The van der Waals surface area contributed by atoms with Crippen molar-refractivity contribution >= 4 is 13.7 Å². The normalized spacial score (nSPS) is 19.9. The van der Waals surface area contributed by atoms with Crippen LogP contribution in [0.1, 0.15) is 57.4 Å². The van der Waals surface area contributed by atoms with Crippen molar-refractivity contribution in [1.29, 1.82) is 0 Å². The molecule has 110 valence electrons. The third-order valence-electron chi connectivity index (χ3n) is 4.30. The van der Waals surface area contributed by atoms with Gasteiger partial charge in [-0.2, -0.15) is 0 Å². The summed E-state index contributed by atoms with van der Waals surface area (Å²) in [5, 5.41) is 1.32. The van der Waals surface area contributed by atoms with Crippen LogP contribution < -0.4 is 5.30 Å². The Balaban J connectivity index is 1.74. The minimum atomic E-state index is -0.876. The van der Waals surface area contributed by atoms with Gasteiger partial charge in [0.2, 0.25) is 8.38 Å². The average Bonchev–Trinajstić information content (AvgIpc) is 2.36. The largest absolute Gasteiger partial charge is 0.327 e. The van der Waals surface area contributed by atoms with Crippen LogP contribution in [0.15, 0.2) is 24.3 Å². The molecule has 0 atom stereocenters. The first kappa shape index (κ1) is 14.5. The van der Waals surface area contributed by atoms with Crippen molar-refractivity contribution in [2.45, 2.75) is 70.5 Å². The predicted octanol–water partition coefficient (Wildman–Crippen LogP) is 4.71. The van der Waals surface area contributed by atoms with Crippen LogP contribution in [0.5, 0.6) is 0 Å². The summed E-state index contributed by atoms with van der Waals surface area (Å²) in [5.74, 6) is 0. The molecule has 2 aliphatic carbocycles. The highest BCUT2D eigenvalue weighted by atomic mass is 31.2. The Bertz CT molecular complexity index is 411. The standard InChI is InChI=1S/C17H25O2P/c1-2-7-14-8-3-4-13-17(14)20(18-15-9-5-10-15)19-16-11-6-12-16/h3-4,8,13,15-16H,2,5-7,9-12H2,1H3. The number of benzene rings is 1. The summed E-state index contributed by atoms with van der Waals surface area (Å²) < 4.78 is 12.6. The first-order valence-corrected chi connectivity index (χ1v) is 9.26. The number of hydrogen-bond acceptors (Lipinski definition) is 2. The lowest BCUT2D eigenvalue weighted by atomic mass is 9.97. The molecule has 0 aliphatic heterocycles. The van der Waals surface area contributed by atoms with Crippen molar-refractivity contribution in [3.05, 3.63) is 29.8 Å². The highest BCUT2D eigenvalue weighted by Crippen LogP contribution is 2.47. The van der Waals surface area contributed by atoms with Crippen LogP contribution in [0, 0.1) is 0 Å². The van der Waals surface area contributed by atoms with Crippen molar-refractivity contribution in [3.8, 4) is 0 Å². The Hall–Kier alpha value is -0.430. The van der Waals surface area contributed by atoms with Crippen LogP contribution in [-0.2, 0) is 15.5 Å². The van der Waals surface area contributed by atoms with E-state index < -0.39 is 8.38 Å². The van der Waals surface area contributed by atoms with Gasteiger partial charge in [0.1, 0.15) is 0 Å². The first-order chi connectivity index (χ1) is 9.86. The molecule has 1 aromatic rings. The fourth-order valence-corrected chi connectivity index (χ4v) is 4.40. The Morgan fingerprint density at radius 3 is 2.10 bits per heavy atom. The molecule has 0 saturated heterocycles. The molecular formula is C17H25O2P. The predicted molar refractivity (Wildman–Crippen MR) is 84.4 cm³/mol. The van der Waals surface area contributed by atoms with E-state index >= 15 is 0 Å². The molecule has 1 aromatic carbocycles. The molecule has 2 aliphatic rings. The van der Waals surface area contributed by atoms with Crippen molar-refractivity contribution in [2.75, 3.05) is 0 Å². The van der Waals surface area contributed by atoms with E-state index in [1.165, 1.54) is 55.8 Å². The second-order valence-electron chi connectivity index (χ2n) is 5.95. The Labute approximate surface area is 123 Å². The highest BCUT2D eigenvalue weighted by molar-refractivity contribution is 7.56. The molecule has 2 saturated carbocycles. The lowest BCUT2D eigenvalue weighted by Gasteiger charge is -2.35. The van der Waals surface area contributed by atoms with Gasteiger partial charge in [0.15, 0.2) is 0 Å². The van der Waals surface area contributed by atoms with Gasteiger partial charge in [0.25, 0.3) is 0 Å². The van der Waals surface area contributed by atoms with Gasteiger partial charge in [0, 0.05) is 5.30 Å². The van der Waals surface area contributed by atoms with Crippen LogP contribution in [0.4, 0.5) is 0 Å². The topological polar surface area (TPSA) is 18.5 Å². The number of hydrogen-bond donors (Lipinski definition) is 0. The number of rotatable bonds is 7. The smallest absolute Gasteiger partial charge is 0.205 e. The van der Waals surface area contributed by atoms with E-state index in [4.69, 9.17) is 9.05 Å². The maximum absolute atomic E-state index is 6.31. The van der Waals surface area contributed by atoms with Gasteiger partial charge in [-0.05, 0) is 56.6 Å². The molecular weight excluding hydrogens is 267 g/mol. The van der Waals surface area contributed by atoms with Crippen molar-refractivity contribution in [2.24, 2.45) is 0 Å². The molecule has 3 heteroatoms. The Morgan fingerprint density at radius 2 is 1.60 bits per heavy atom. The zero-order valence-corrected chi connectivity index (χ0v) is 13.3. The minimum absolute atomic E-state index is 0.441. The Kier molecular flexibility index (Phi) is 5.09. The summed E-state index contributed by atoms with van der Waals surface area (Å²) in [7, 11) is -0.876. The van der Waals surface area contributed by atoms with Crippen LogP contribution in [0.25, 0.3) is 0 Å². The van der Waals surface area contributed by atoms with Gasteiger partial charge in [0.05, 0.1) is 12.2 Å². The minimum Gasteiger partial charge on any atom is -0.327 e. The van der Waals surface area contributed by atoms with E-state index in [0.29, 0.717) is 12.2 Å². The van der Waals surface area contributed by atoms with Gasteiger partial charge in [-0.3, -0.25) is 0 Å². The second-order valence-corrected chi connectivity index (χ2v) is 7.37. The second kappa shape index (κ2) is 7.02. The van der Waals surface area contributed by atoms with Gasteiger partial charge < -0.3 is 9.05 Å². The van der Waals surface area contributed by atoms with E-state index in [0.717, 1.165) is 6.42 Å². The van der Waals surface area contributed by atoms with Gasteiger partial charge >= 0.3 is 0 Å². The van der Waals surface area contributed by atoms with E-state index in [9.17, 15) is 0 Å². The molecule has 0 radical (unpaired) electrons. The summed E-state index contributed by atoms with van der Waals surface area (Å²) in [6, 6.07) is 8.71. The molecule has 0 spiro atoms. The molecule has 2 nitrogen and oxygen atoms in total. The lowest BCUT2D eigenvalue weighted by Crippen LogP contribution is -2.27. The molecule has 2 fully saturated rings. The fraction of sp³-hybridized carbons (Fsp3) is 0.647. The maximum atomic E-state index is 6.31. The summed E-state index contributed by atoms with van der Waals surface area (Å²) in [5.41, 5.74) is 1.42. The first-order valence-electron chi connectivity index (χ1n) is 8.08. The highest BCUT2D eigenvalue weighted by Gasteiger charge is 2.30. The van der Waals surface area contributed by atoms with Crippen LogP contribution >= 0.6 is 8.38 Å². The van der Waals surface area contributed by atoms with Crippen LogP contribution in [0.3, 0.4) is 0 Å². The molecule has 0 amide bonds. The van der Waals surface area contributed by atoms with E-state index in [2.05, 4.69) is 31.2 Å². The SMILES string of the molecule is CCCc1ccccc1P(OC1CCC1)OC1CCC1. The summed E-state index contributed by atoms with van der Waals surface area (Å²) in [6.45, 7) is 2.23. The number of aryl methyl sites for hydroxylation is 1. The van der Waals surface area contributed by atoms with Gasteiger partial charge in [-0.1, -0.05) is 31.5 Å². The fourth-order valence-electron chi connectivity index (χ4n) is 2.53. The molecule has 0 aromatic heterocycles. The summed E-state index contributed by atoms with van der Waals surface area (Å²) in [6.07, 6.45) is 10.6. The van der Waals surface area contributed by atoms with E-state index in [-0.39, 0.29) is 0 Å². The molecule has 0 N–H and O–H groups in total. The lowest BCUT2D eigenvalue weighted by molar-refractivity contribution is 0.0742. The van der Waals surface area contributed by atoms with Crippen molar-refractivity contribution in [1.82, 2.24) is 0 Å². The quantitative estimate of drug-likeness (QED) is 0.677. The van der Waals surface area contributed by atoms with Crippen molar-refractivity contribution in [3.63, 3.8) is 0 Å². The summed E-state index contributed by atoms with van der Waals surface area (Å²) >= 11 is 0. The third-order valence-corrected chi connectivity index (χ3v) is 6.11. The van der Waals surface area contributed by atoms with Crippen LogP contribution in [-0.4, -0.2) is 12.2 Å². The molecule has 3 rings (SSSR count).